The summed E-state index contributed by atoms with van der Waals surface area (Å²) in [6.45, 7) is 1.78. The molecule has 1 heterocycles. The first-order valence-electron chi connectivity index (χ1n) is 5.19. The van der Waals surface area contributed by atoms with Crippen LogP contribution in [0.2, 0.25) is 0 Å². The van der Waals surface area contributed by atoms with Crippen molar-refractivity contribution in [3.05, 3.63) is 41.7 Å². The van der Waals surface area contributed by atoms with Crippen molar-refractivity contribution in [1.29, 1.82) is 0 Å². The molecular weight excluding hydrogens is 245 g/mol. The smallest absolute Gasteiger partial charge is 0.419 e. The largest absolute Gasteiger partial charge is 0.494 e. The van der Waals surface area contributed by atoms with Gasteiger partial charge in [0.15, 0.2) is 0 Å². The van der Waals surface area contributed by atoms with E-state index in [1.54, 1.807) is 25.1 Å². The predicted molar refractivity (Wildman–Crippen MR) is 59.9 cm³/mol. The number of nitrogens with zero attached hydrogens (tertiary/aromatic N) is 2. The van der Waals surface area contributed by atoms with Gasteiger partial charge in [-0.15, -0.1) is 0 Å². The fourth-order valence-corrected chi connectivity index (χ4v) is 1.68. The van der Waals surface area contributed by atoms with Gasteiger partial charge in [-0.05, 0) is 18.6 Å². The normalized spacial score (nSPS) is 11.6. The standard InChI is InChI=1S/C12H11F3N2O/c1-8-4-3-5-10(18-2)11(8)17-7-9(6-16-17)12(13,14)15/h3-7H,1-2H3. The summed E-state index contributed by atoms with van der Waals surface area (Å²) >= 11 is 0. The molecule has 6 heteroatoms. The molecule has 0 aliphatic rings. The maximum Gasteiger partial charge on any atom is 0.419 e. The highest BCUT2D eigenvalue weighted by Gasteiger charge is 2.32. The molecule has 0 spiro atoms. The molecule has 1 aromatic carbocycles. The first kappa shape index (κ1) is 12.5. The average molecular weight is 256 g/mol. The van der Waals surface area contributed by atoms with Crippen molar-refractivity contribution in [2.45, 2.75) is 13.1 Å². The lowest BCUT2D eigenvalue weighted by atomic mass is 10.2. The van der Waals surface area contributed by atoms with Crippen LogP contribution < -0.4 is 4.74 Å². The van der Waals surface area contributed by atoms with Crippen LogP contribution in [0.15, 0.2) is 30.6 Å². The van der Waals surface area contributed by atoms with E-state index < -0.39 is 11.7 Å². The van der Waals surface area contributed by atoms with Gasteiger partial charge in [-0.1, -0.05) is 12.1 Å². The molecule has 0 saturated carbocycles. The van der Waals surface area contributed by atoms with Crippen molar-refractivity contribution < 1.29 is 17.9 Å². The second-order valence-electron chi connectivity index (χ2n) is 3.80. The zero-order chi connectivity index (χ0) is 13.3. The van der Waals surface area contributed by atoms with Crippen LogP contribution in [-0.4, -0.2) is 16.9 Å². The molecular formula is C12H11F3N2O. The van der Waals surface area contributed by atoms with E-state index in [2.05, 4.69) is 5.10 Å². The number of ether oxygens (including phenoxy) is 1. The number of alkyl halides is 3. The molecule has 0 radical (unpaired) electrons. The Hall–Kier alpha value is -1.98. The third kappa shape index (κ3) is 2.18. The topological polar surface area (TPSA) is 27.1 Å². The van der Waals surface area contributed by atoms with Crippen LogP contribution in [0.1, 0.15) is 11.1 Å². The van der Waals surface area contributed by atoms with Crippen LogP contribution in [0, 0.1) is 6.92 Å². The summed E-state index contributed by atoms with van der Waals surface area (Å²) < 4.78 is 43.9. The van der Waals surface area contributed by atoms with Crippen molar-refractivity contribution in [2.24, 2.45) is 0 Å². The number of hydrogen-bond acceptors (Lipinski definition) is 2. The number of hydrogen-bond donors (Lipinski definition) is 0. The monoisotopic (exact) mass is 256 g/mol. The van der Waals surface area contributed by atoms with Crippen LogP contribution in [0.25, 0.3) is 5.69 Å². The van der Waals surface area contributed by atoms with Crippen molar-refractivity contribution in [3.63, 3.8) is 0 Å². The SMILES string of the molecule is COc1cccc(C)c1-n1cc(C(F)(F)F)cn1. The third-order valence-electron chi connectivity index (χ3n) is 2.56. The van der Waals surface area contributed by atoms with Gasteiger partial charge in [0.2, 0.25) is 0 Å². The fourth-order valence-electron chi connectivity index (χ4n) is 1.68. The van der Waals surface area contributed by atoms with E-state index in [1.807, 2.05) is 0 Å². The number of benzene rings is 1. The maximum absolute atomic E-state index is 12.5. The maximum atomic E-state index is 12.5. The van der Waals surface area contributed by atoms with Crippen LogP contribution in [-0.2, 0) is 6.18 Å². The van der Waals surface area contributed by atoms with Gasteiger partial charge in [-0.2, -0.15) is 18.3 Å². The van der Waals surface area contributed by atoms with E-state index in [1.165, 1.54) is 11.8 Å². The summed E-state index contributed by atoms with van der Waals surface area (Å²) in [4.78, 5) is 0. The minimum Gasteiger partial charge on any atom is -0.494 e. The Balaban J connectivity index is 2.53. The highest BCUT2D eigenvalue weighted by molar-refractivity contribution is 5.52. The van der Waals surface area contributed by atoms with E-state index in [0.717, 1.165) is 18.0 Å². The Labute approximate surface area is 102 Å². The van der Waals surface area contributed by atoms with Gasteiger partial charge in [0.1, 0.15) is 11.4 Å². The van der Waals surface area contributed by atoms with Gasteiger partial charge < -0.3 is 4.74 Å². The lowest BCUT2D eigenvalue weighted by Crippen LogP contribution is -2.04. The van der Waals surface area contributed by atoms with Gasteiger partial charge in [0, 0.05) is 6.20 Å². The molecule has 0 aliphatic carbocycles. The molecule has 1 aromatic heterocycles. The van der Waals surface area contributed by atoms with Crippen molar-refractivity contribution in [3.8, 4) is 11.4 Å². The summed E-state index contributed by atoms with van der Waals surface area (Å²) in [5.41, 5.74) is 0.509. The summed E-state index contributed by atoms with van der Waals surface area (Å²) in [7, 11) is 1.46. The van der Waals surface area contributed by atoms with Crippen LogP contribution in [0.4, 0.5) is 13.2 Å². The molecule has 0 amide bonds. The number of aromatic nitrogens is 2. The van der Waals surface area contributed by atoms with Crippen molar-refractivity contribution >= 4 is 0 Å². The summed E-state index contributed by atoms with van der Waals surface area (Å²) in [6.07, 6.45) is -2.65. The molecule has 0 bridgehead atoms. The van der Waals surface area contributed by atoms with Crippen molar-refractivity contribution in [1.82, 2.24) is 9.78 Å². The first-order valence-corrected chi connectivity index (χ1v) is 5.19. The van der Waals surface area contributed by atoms with Gasteiger partial charge in [-0.3, -0.25) is 0 Å². The lowest BCUT2D eigenvalue weighted by molar-refractivity contribution is -0.137. The number of para-hydroxylation sites is 1. The molecule has 18 heavy (non-hydrogen) atoms. The number of methoxy groups -OCH3 is 1. The van der Waals surface area contributed by atoms with E-state index in [0.29, 0.717) is 11.4 Å². The highest BCUT2D eigenvalue weighted by atomic mass is 19.4. The molecule has 96 valence electrons. The van der Waals surface area contributed by atoms with Gasteiger partial charge in [0.25, 0.3) is 0 Å². The summed E-state index contributed by atoms with van der Waals surface area (Å²) in [5.74, 6) is 0.479. The van der Waals surface area contributed by atoms with Crippen LogP contribution in [0.3, 0.4) is 0 Å². The number of halogens is 3. The minimum atomic E-state index is -4.39. The van der Waals surface area contributed by atoms with E-state index in [-0.39, 0.29) is 0 Å². The molecule has 0 N–H and O–H groups in total. The van der Waals surface area contributed by atoms with E-state index in [9.17, 15) is 13.2 Å². The van der Waals surface area contributed by atoms with Crippen LogP contribution >= 0.6 is 0 Å². The molecule has 0 saturated heterocycles. The van der Waals surface area contributed by atoms with E-state index >= 15 is 0 Å². The van der Waals surface area contributed by atoms with E-state index in [4.69, 9.17) is 4.74 Å². The molecule has 0 unspecified atom stereocenters. The molecule has 2 rings (SSSR count). The summed E-state index contributed by atoms with van der Waals surface area (Å²) in [6, 6.07) is 5.23. The highest BCUT2D eigenvalue weighted by Crippen LogP contribution is 2.31. The Kier molecular flexibility index (Phi) is 3.02. The lowest BCUT2D eigenvalue weighted by Gasteiger charge is -2.11. The predicted octanol–water partition coefficient (Wildman–Crippen LogP) is 3.21. The average Bonchev–Trinajstić information content (AvgIpc) is 2.77. The molecule has 0 aliphatic heterocycles. The number of rotatable bonds is 2. The fraction of sp³-hybridized carbons (Fsp3) is 0.250. The second kappa shape index (κ2) is 4.36. The molecule has 0 atom stereocenters. The first-order chi connectivity index (χ1) is 8.43. The Morgan fingerprint density at radius 2 is 2.00 bits per heavy atom. The Morgan fingerprint density at radius 3 is 2.56 bits per heavy atom. The zero-order valence-corrected chi connectivity index (χ0v) is 9.82. The molecule has 2 aromatic rings. The second-order valence-corrected chi connectivity index (χ2v) is 3.80. The summed E-state index contributed by atoms with van der Waals surface area (Å²) in [5, 5.41) is 3.74. The van der Waals surface area contributed by atoms with Gasteiger partial charge in [-0.25, -0.2) is 4.68 Å². The van der Waals surface area contributed by atoms with Gasteiger partial charge >= 0.3 is 6.18 Å². The molecule has 3 nitrogen and oxygen atoms in total. The van der Waals surface area contributed by atoms with Crippen LogP contribution in [0.5, 0.6) is 5.75 Å². The minimum absolute atomic E-state index is 0.479. The Morgan fingerprint density at radius 1 is 1.28 bits per heavy atom. The third-order valence-corrected chi connectivity index (χ3v) is 2.56. The quantitative estimate of drug-likeness (QED) is 0.825. The molecule has 0 fully saturated rings. The Bertz CT molecular complexity index is 561. The van der Waals surface area contributed by atoms with Crippen molar-refractivity contribution in [2.75, 3.05) is 7.11 Å². The number of aryl methyl sites for hydroxylation is 1. The van der Waals surface area contributed by atoms with Gasteiger partial charge in [0.05, 0.1) is 18.9 Å². The zero-order valence-electron chi connectivity index (χ0n) is 9.82.